The number of anilines is 1. The number of fused-ring (bicyclic) bond motifs is 2. The molecule has 2 aromatic rings. The first-order chi connectivity index (χ1) is 13.0. The van der Waals surface area contributed by atoms with Crippen molar-refractivity contribution in [3.05, 3.63) is 76.5 Å². The molecule has 27 heavy (non-hydrogen) atoms. The van der Waals surface area contributed by atoms with Crippen LogP contribution in [-0.4, -0.2) is 25.2 Å². The number of nitrogens with zero attached hydrogens (tertiary/aromatic N) is 1. The number of hydrogen-bond donors (Lipinski definition) is 1. The number of benzene rings is 3. The standard InChI is InChI=1S/C22H17NO4/c1-23(2)13-7-9-17-19(11-13)27-20-12-14(24)8-10-18(20)21(17)15-5-3-4-6-16(15)22(25)26/h3-12H,1-2H3,(H,25,26). The van der Waals surface area contributed by atoms with Crippen molar-refractivity contribution >= 4 is 22.6 Å². The third-order valence-corrected chi connectivity index (χ3v) is 4.62. The van der Waals surface area contributed by atoms with Crippen molar-refractivity contribution < 1.29 is 14.3 Å². The molecule has 0 saturated heterocycles. The van der Waals surface area contributed by atoms with Gasteiger partial charge in [0.25, 0.3) is 0 Å². The summed E-state index contributed by atoms with van der Waals surface area (Å²) in [5, 5.41) is 10.4. The van der Waals surface area contributed by atoms with Crippen LogP contribution >= 0.6 is 0 Å². The normalized spacial score (nSPS) is 11.0. The lowest BCUT2D eigenvalue weighted by molar-refractivity contribution is 0.0697. The second-order valence-electron chi connectivity index (χ2n) is 6.56. The molecule has 1 N–H and O–H groups in total. The van der Waals surface area contributed by atoms with Crippen molar-refractivity contribution in [1.82, 2.24) is 0 Å². The van der Waals surface area contributed by atoms with E-state index in [1.807, 2.05) is 37.2 Å². The van der Waals surface area contributed by atoms with E-state index in [4.69, 9.17) is 4.42 Å². The van der Waals surface area contributed by atoms with Crippen LogP contribution in [0.2, 0.25) is 0 Å². The molecule has 0 unspecified atom stereocenters. The van der Waals surface area contributed by atoms with Gasteiger partial charge in [0, 0.05) is 48.4 Å². The van der Waals surface area contributed by atoms with Crippen LogP contribution in [0.25, 0.3) is 33.4 Å². The zero-order valence-electron chi connectivity index (χ0n) is 14.9. The number of hydrogen-bond acceptors (Lipinski definition) is 4. The maximum absolute atomic E-state index is 11.9. The molecule has 0 fully saturated rings. The number of aromatic carboxylic acids is 1. The van der Waals surface area contributed by atoms with Crippen molar-refractivity contribution in [2.75, 3.05) is 19.0 Å². The predicted molar refractivity (Wildman–Crippen MR) is 106 cm³/mol. The Morgan fingerprint density at radius 1 is 0.963 bits per heavy atom. The molecule has 1 aliphatic heterocycles. The number of carboxylic acid groups (broad SMARTS) is 1. The van der Waals surface area contributed by atoms with Crippen molar-refractivity contribution in [2.45, 2.75) is 0 Å². The zero-order valence-corrected chi connectivity index (χ0v) is 14.9. The van der Waals surface area contributed by atoms with Gasteiger partial charge in [0.2, 0.25) is 0 Å². The Labute approximate surface area is 155 Å². The molecule has 0 amide bonds. The summed E-state index contributed by atoms with van der Waals surface area (Å²) in [6.45, 7) is 0. The highest BCUT2D eigenvalue weighted by Crippen LogP contribution is 2.41. The van der Waals surface area contributed by atoms with Gasteiger partial charge in [0.15, 0.2) is 5.43 Å². The molecule has 4 rings (SSSR count). The van der Waals surface area contributed by atoms with E-state index in [1.54, 1.807) is 30.3 Å². The summed E-state index contributed by atoms with van der Waals surface area (Å²) in [5.41, 5.74) is 3.62. The highest BCUT2D eigenvalue weighted by molar-refractivity contribution is 6.07. The Morgan fingerprint density at radius 3 is 2.48 bits per heavy atom. The Bertz CT molecular complexity index is 1210. The number of carboxylic acids is 1. The number of rotatable bonds is 3. The first-order valence-corrected chi connectivity index (χ1v) is 8.46. The minimum absolute atomic E-state index is 0.160. The SMILES string of the molecule is CN(C)c1ccc2c(-c3ccccc3C(=O)O)c3ccc(=O)cc-3oc2c1. The lowest BCUT2D eigenvalue weighted by Gasteiger charge is -2.18. The predicted octanol–water partition coefficient (Wildman–Crippen LogP) is 4.33. The van der Waals surface area contributed by atoms with Gasteiger partial charge in [0.05, 0.1) is 5.56 Å². The molecular weight excluding hydrogens is 342 g/mol. The average Bonchev–Trinajstić information content (AvgIpc) is 2.65. The van der Waals surface area contributed by atoms with Gasteiger partial charge < -0.3 is 14.4 Å². The van der Waals surface area contributed by atoms with E-state index >= 15 is 0 Å². The highest BCUT2D eigenvalue weighted by Gasteiger charge is 2.21. The highest BCUT2D eigenvalue weighted by atomic mass is 16.4. The van der Waals surface area contributed by atoms with E-state index in [2.05, 4.69) is 0 Å². The molecule has 0 radical (unpaired) electrons. The Balaban J connectivity index is 2.18. The van der Waals surface area contributed by atoms with Crippen molar-refractivity contribution in [1.29, 1.82) is 0 Å². The van der Waals surface area contributed by atoms with Crippen LogP contribution in [0.4, 0.5) is 5.69 Å². The summed E-state index contributed by atoms with van der Waals surface area (Å²) in [6, 6.07) is 17.2. The molecule has 0 saturated carbocycles. The van der Waals surface area contributed by atoms with Crippen LogP contribution < -0.4 is 10.3 Å². The summed E-state index contributed by atoms with van der Waals surface area (Å²) in [6.07, 6.45) is 0. The molecule has 5 nitrogen and oxygen atoms in total. The lowest BCUT2D eigenvalue weighted by atomic mass is 9.91. The molecule has 134 valence electrons. The topological polar surface area (TPSA) is 70.8 Å². The molecule has 0 spiro atoms. The van der Waals surface area contributed by atoms with Crippen LogP contribution in [0.1, 0.15) is 10.4 Å². The van der Waals surface area contributed by atoms with E-state index in [1.165, 1.54) is 12.1 Å². The van der Waals surface area contributed by atoms with E-state index in [9.17, 15) is 14.7 Å². The van der Waals surface area contributed by atoms with E-state index in [0.717, 1.165) is 16.6 Å². The fourth-order valence-corrected chi connectivity index (χ4v) is 3.32. The lowest BCUT2D eigenvalue weighted by Crippen LogP contribution is -2.08. The van der Waals surface area contributed by atoms with Gasteiger partial charge in [-0.15, -0.1) is 0 Å². The Morgan fingerprint density at radius 2 is 1.74 bits per heavy atom. The third kappa shape index (κ3) is 2.83. The molecule has 0 aromatic heterocycles. The van der Waals surface area contributed by atoms with Crippen LogP contribution in [0.15, 0.2) is 69.9 Å². The second-order valence-corrected chi connectivity index (χ2v) is 6.56. The van der Waals surface area contributed by atoms with Crippen molar-refractivity contribution in [3.8, 4) is 22.5 Å². The summed E-state index contributed by atoms with van der Waals surface area (Å²) in [7, 11) is 3.86. The van der Waals surface area contributed by atoms with Crippen LogP contribution in [-0.2, 0) is 0 Å². The van der Waals surface area contributed by atoms with Gasteiger partial charge in [-0.1, -0.05) is 18.2 Å². The molecule has 2 aliphatic rings. The molecule has 1 aliphatic carbocycles. The van der Waals surface area contributed by atoms with E-state index in [-0.39, 0.29) is 11.0 Å². The van der Waals surface area contributed by atoms with Gasteiger partial charge in [-0.25, -0.2) is 4.79 Å². The quantitative estimate of drug-likeness (QED) is 0.551. The van der Waals surface area contributed by atoms with Gasteiger partial charge in [-0.05, 0) is 35.9 Å². The van der Waals surface area contributed by atoms with Crippen molar-refractivity contribution in [2.24, 2.45) is 0 Å². The minimum atomic E-state index is -1.00. The van der Waals surface area contributed by atoms with Crippen LogP contribution in [0, 0.1) is 0 Å². The Hall–Kier alpha value is -3.60. The molecule has 0 bridgehead atoms. The molecule has 2 aromatic carbocycles. The van der Waals surface area contributed by atoms with E-state index in [0.29, 0.717) is 22.5 Å². The summed E-state index contributed by atoms with van der Waals surface area (Å²) >= 11 is 0. The minimum Gasteiger partial charge on any atom is -0.478 e. The molecule has 0 atom stereocenters. The maximum atomic E-state index is 11.9. The summed E-state index contributed by atoms with van der Waals surface area (Å²) < 4.78 is 6.01. The first kappa shape index (κ1) is 16.8. The summed E-state index contributed by atoms with van der Waals surface area (Å²) in [4.78, 5) is 25.6. The fourth-order valence-electron chi connectivity index (χ4n) is 3.32. The van der Waals surface area contributed by atoms with Gasteiger partial charge in [0.1, 0.15) is 11.3 Å². The fraction of sp³-hybridized carbons (Fsp3) is 0.0909. The first-order valence-electron chi connectivity index (χ1n) is 8.46. The second kappa shape index (κ2) is 6.29. The van der Waals surface area contributed by atoms with Gasteiger partial charge >= 0.3 is 5.97 Å². The average molecular weight is 359 g/mol. The monoisotopic (exact) mass is 359 g/mol. The molecule has 5 heteroatoms. The largest absolute Gasteiger partial charge is 0.478 e. The van der Waals surface area contributed by atoms with Crippen molar-refractivity contribution in [3.63, 3.8) is 0 Å². The van der Waals surface area contributed by atoms with Gasteiger partial charge in [-0.3, -0.25) is 4.79 Å². The third-order valence-electron chi connectivity index (χ3n) is 4.62. The molecular formula is C22H17NO4. The number of carbonyl (C=O) groups is 1. The van der Waals surface area contributed by atoms with E-state index < -0.39 is 5.97 Å². The van der Waals surface area contributed by atoms with Crippen LogP contribution in [0.5, 0.6) is 0 Å². The zero-order chi connectivity index (χ0) is 19.1. The maximum Gasteiger partial charge on any atom is 0.336 e. The smallest absolute Gasteiger partial charge is 0.336 e. The van der Waals surface area contributed by atoms with Crippen LogP contribution in [0.3, 0.4) is 0 Å². The summed E-state index contributed by atoms with van der Waals surface area (Å²) in [5.74, 6) is -0.570. The molecule has 1 heterocycles. The van der Waals surface area contributed by atoms with Gasteiger partial charge in [-0.2, -0.15) is 0 Å². The Kier molecular flexibility index (Phi) is 3.92.